The van der Waals surface area contributed by atoms with Gasteiger partial charge >= 0.3 is 5.97 Å². The second kappa shape index (κ2) is 9.28. The molecule has 0 aromatic rings. The molecule has 1 aliphatic rings. The molecule has 1 rings (SSSR count). The first-order valence-corrected chi connectivity index (χ1v) is 7.25. The minimum Gasteiger partial charge on any atom is -0.465 e. The van der Waals surface area contributed by atoms with Crippen LogP contribution in [0, 0.1) is 5.92 Å². The zero-order chi connectivity index (χ0) is 14.8. The number of hydrogen-bond acceptors (Lipinski definition) is 6. The Balaban J connectivity index is 2.15. The van der Waals surface area contributed by atoms with E-state index in [1.807, 2.05) is 0 Å². The second-order valence-corrected chi connectivity index (χ2v) is 5.05. The van der Waals surface area contributed by atoms with Gasteiger partial charge in [-0.25, -0.2) is 4.79 Å². The summed E-state index contributed by atoms with van der Waals surface area (Å²) in [5.74, 6) is -0.173. The first-order valence-electron chi connectivity index (χ1n) is 7.25. The number of ether oxygens (including phenoxy) is 4. The van der Waals surface area contributed by atoms with Crippen molar-refractivity contribution in [1.82, 2.24) is 0 Å². The van der Waals surface area contributed by atoms with Crippen molar-refractivity contribution in [3.63, 3.8) is 0 Å². The molecule has 1 fully saturated rings. The molecule has 6 heteroatoms. The number of methoxy groups -OCH3 is 1. The number of hydrogen-bond donors (Lipinski definition) is 1. The molecular weight excluding hydrogens is 262 g/mol. The van der Waals surface area contributed by atoms with E-state index in [1.54, 1.807) is 14.0 Å². The molecule has 0 aromatic carbocycles. The molecule has 0 spiro atoms. The molecule has 0 saturated heterocycles. The van der Waals surface area contributed by atoms with Gasteiger partial charge in [-0.1, -0.05) is 0 Å². The minimum atomic E-state index is -0.994. The maximum Gasteiger partial charge on any atom is 0.328 e. The molecule has 0 aliphatic heterocycles. The Morgan fingerprint density at radius 2 is 1.90 bits per heavy atom. The lowest BCUT2D eigenvalue weighted by atomic mass is 9.96. The van der Waals surface area contributed by atoms with Gasteiger partial charge in [0.25, 0.3) is 0 Å². The van der Waals surface area contributed by atoms with Crippen LogP contribution < -0.4 is 5.73 Å². The monoisotopic (exact) mass is 289 g/mol. The minimum absolute atomic E-state index is 0.184. The quantitative estimate of drug-likeness (QED) is 0.421. The zero-order valence-corrected chi connectivity index (χ0v) is 12.6. The Morgan fingerprint density at radius 3 is 2.50 bits per heavy atom. The van der Waals surface area contributed by atoms with Crippen LogP contribution in [0.15, 0.2) is 0 Å². The van der Waals surface area contributed by atoms with Crippen molar-refractivity contribution in [3.8, 4) is 0 Å². The highest BCUT2D eigenvalue weighted by Gasteiger charge is 2.49. The highest BCUT2D eigenvalue weighted by Crippen LogP contribution is 2.39. The summed E-state index contributed by atoms with van der Waals surface area (Å²) in [4.78, 5) is 11.9. The molecule has 1 unspecified atom stereocenters. The molecule has 118 valence electrons. The van der Waals surface area contributed by atoms with Crippen LogP contribution in [0.1, 0.15) is 26.2 Å². The van der Waals surface area contributed by atoms with E-state index in [9.17, 15) is 4.79 Å². The largest absolute Gasteiger partial charge is 0.465 e. The van der Waals surface area contributed by atoms with Crippen LogP contribution in [0.3, 0.4) is 0 Å². The van der Waals surface area contributed by atoms with Crippen LogP contribution in [0.4, 0.5) is 0 Å². The molecule has 0 heterocycles. The SMILES string of the molecule is CCOC(=O)C(N)(COCCOCCCOC)C1CC1. The normalized spacial score (nSPS) is 17.8. The molecule has 1 aliphatic carbocycles. The van der Waals surface area contributed by atoms with Crippen LogP contribution in [-0.4, -0.2) is 58.3 Å². The van der Waals surface area contributed by atoms with Gasteiger partial charge in [0.05, 0.1) is 26.4 Å². The smallest absolute Gasteiger partial charge is 0.328 e. The zero-order valence-electron chi connectivity index (χ0n) is 12.6. The first-order chi connectivity index (χ1) is 9.65. The Morgan fingerprint density at radius 1 is 1.20 bits per heavy atom. The fourth-order valence-electron chi connectivity index (χ4n) is 1.97. The van der Waals surface area contributed by atoms with E-state index in [4.69, 9.17) is 24.7 Å². The van der Waals surface area contributed by atoms with E-state index in [0.717, 1.165) is 19.3 Å². The average Bonchev–Trinajstić information content (AvgIpc) is 3.26. The number of carbonyl (C=O) groups is 1. The Kier molecular flexibility index (Phi) is 8.06. The summed E-state index contributed by atoms with van der Waals surface area (Å²) in [6.45, 7) is 4.57. The first kappa shape index (κ1) is 17.4. The van der Waals surface area contributed by atoms with Crippen molar-refractivity contribution in [3.05, 3.63) is 0 Å². The van der Waals surface area contributed by atoms with Crippen molar-refractivity contribution >= 4 is 5.97 Å². The van der Waals surface area contributed by atoms with Crippen LogP contribution in [0.25, 0.3) is 0 Å². The van der Waals surface area contributed by atoms with Gasteiger partial charge in [0.2, 0.25) is 0 Å². The highest BCUT2D eigenvalue weighted by molar-refractivity contribution is 5.81. The van der Waals surface area contributed by atoms with Gasteiger partial charge in [0.1, 0.15) is 5.54 Å². The van der Waals surface area contributed by atoms with Crippen LogP contribution >= 0.6 is 0 Å². The van der Waals surface area contributed by atoms with E-state index >= 15 is 0 Å². The summed E-state index contributed by atoms with van der Waals surface area (Å²) >= 11 is 0. The van der Waals surface area contributed by atoms with Crippen molar-refractivity contribution in [2.45, 2.75) is 31.7 Å². The summed E-state index contributed by atoms with van der Waals surface area (Å²) in [7, 11) is 1.66. The van der Waals surface area contributed by atoms with Crippen molar-refractivity contribution in [2.75, 3.05) is 46.8 Å². The standard InChI is InChI=1S/C14H27NO5/c1-3-20-13(16)14(15,12-5-6-12)11-19-10-9-18-8-4-7-17-2/h12H,3-11,15H2,1-2H3. The Bertz CT molecular complexity index is 283. The molecule has 6 nitrogen and oxygen atoms in total. The van der Waals surface area contributed by atoms with Crippen molar-refractivity contribution in [2.24, 2.45) is 11.7 Å². The van der Waals surface area contributed by atoms with Gasteiger partial charge in [0, 0.05) is 20.3 Å². The summed E-state index contributed by atoms with van der Waals surface area (Å²) in [6, 6.07) is 0. The number of rotatable bonds is 12. The lowest BCUT2D eigenvalue weighted by Crippen LogP contribution is -2.55. The van der Waals surface area contributed by atoms with E-state index in [-0.39, 0.29) is 18.5 Å². The van der Waals surface area contributed by atoms with Crippen LogP contribution in [0.2, 0.25) is 0 Å². The third-order valence-electron chi connectivity index (χ3n) is 3.31. The molecule has 1 saturated carbocycles. The lowest BCUT2D eigenvalue weighted by Gasteiger charge is -2.26. The lowest BCUT2D eigenvalue weighted by molar-refractivity contribution is -0.153. The number of nitrogens with two attached hydrogens (primary N) is 1. The summed E-state index contributed by atoms with van der Waals surface area (Å²) in [6.07, 6.45) is 2.79. The van der Waals surface area contributed by atoms with E-state index in [2.05, 4.69) is 0 Å². The maximum atomic E-state index is 11.9. The Labute approximate surface area is 120 Å². The van der Waals surface area contributed by atoms with Gasteiger partial charge < -0.3 is 24.7 Å². The van der Waals surface area contributed by atoms with Crippen LogP contribution in [-0.2, 0) is 23.7 Å². The third-order valence-corrected chi connectivity index (χ3v) is 3.31. The molecule has 1 atom stereocenters. The molecule has 0 aromatic heterocycles. The molecular formula is C14H27NO5. The van der Waals surface area contributed by atoms with Crippen LogP contribution in [0.5, 0.6) is 0 Å². The van der Waals surface area contributed by atoms with Gasteiger partial charge in [-0.05, 0) is 32.1 Å². The number of carbonyl (C=O) groups excluding carboxylic acids is 1. The fourth-order valence-corrected chi connectivity index (χ4v) is 1.97. The maximum absolute atomic E-state index is 11.9. The molecule has 0 amide bonds. The third kappa shape index (κ3) is 5.75. The molecule has 20 heavy (non-hydrogen) atoms. The molecule has 0 radical (unpaired) electrons. The van der Waals surface area contributed by atoms with Gasteiger partial charge in [-0.3, -0.25) is 0 Å². The van der Waals surface area contributed by atoms with Gasteiger partial charge in [-0.2, -0.15) is 0 Å². The van der Waals surface area contributed by atoms with Crippen molar-refractivity contribution < 1.29 is 23.7 Å². The van der Waals surface area contributed by atoms with Gasteiger partial charge in [-0.15, -0.1) is 0 Å². The van der Waals surface area contributed by atoms with E-state index in [0.29, 0.717) is 33.0 Å². The Hall–Kier alpha value is -0.690. The summed E-state index contributed by atoms with van der Waals surface area (Å²) in [5.41, 5.74) is 5.16. The second-order valence-electron chi connectivity index (χ2n) is 5.05. The predicted octanol–water partition coefficient (Wildman–Crippen LogP) is 0.727. The molecule has 2 N–H and O–H groups in total. The topological polar surface area (TPSA) is 80.0 Å². The fraction of sp³-hybridized carbons (Fsp3) is 0.929. The average molecular weight is 289 g/mol. The van der Waals surface area contributed by atoms with Crippen molar-refractivity contribution in [1.29, 1.82) is 0 Å². The molecule has 0 bridgehead atoms. The highest BCUT2D eigenvalue weighted by atomic mass is 16.5. The van der Waals surface area contributed by atoms with E-state index in [1.165, 1.54) is 0 Å². The van der Waals surface area contributed by atoms with E-state index < -0.39 is 5.54 Å². The predicted molar refractivity (Wildman–Crippen MR) is 74.4 cm³/mol. The van der Waals surface area contributed by atoms with Gasteiger partial charge in [0.15, 0.2) is 0 Å². The summed E-state index contributed by atoms with van der Waals surface area (Å²) < 4.78 is 20.8. The summed E-state index contributed by atoms with van der Waals surface area (Å²) in [5, 5.41) is 0. The number of esters is 1.